The Bertz CT molecular complexity index is 315. The van der Waals surface area contributed by atoms with Crippen LogP contribution in [0.4, 0.5) is 11.5 Å². The van der Waals surface area contributed by atoms with Gasteiger partial charge in [0.1, 0.15) is 5.82 Å². The molecule has 84 valence electrons. The van der Waals surface area contributed by atoms with Crippen molar-refractivity contribution < 1.29 is 5.11 Å². The first-order valence-electron chi connectivity index (χ1n) is 5.24. The lowest BCUT2D eigenvalue weighted by atomic mass is 10.2. The third kappa shape index (κ3) is 3.75. The zero-order valence-corrected chi connectivity index (χ0v) is 9.33. The van der Waals surface area contributed by atoms with Gasteiger partial charge in [-0.2, -0.15) is 0 Å². The molecule has 1 unspecified atom stereocenters. The van der Waals surface area contributed by atoms with Crippen LogP contribution in [-0.4, -0.2) is 22.7 Å². The van der Waals surface area contributed by atoms with Gasteiger partial charge in [-0.15, -0.1) is 0 Å². The topological polar surface area (TPSA) is 71.2 Å². The second kappa shape index (κ2) is 5.56. The molecule has 0 fully saturated rings. The number of hydrogen-bond acceptors (Lipinski definition) is 4. The first kappa shape index (κ1) is 11.8. The van der Waals surface area contributed by atoms with E-state index in [-0.39, 0.29) is 6.61 Å². The number of rotatable bonds is 5. The summed E-state index contributed by atoms with van der Waals surface area (Å²) in [7, 11) is 0. The molecule has 0 radical (unpaired) electrons. The minimum absolute atomic E-state index is 0.236. The summed E-state index contributed by atoms with van der Waals surface area (Å²) < 4.78 is 0. The zero-order chi connectivity index (χ0) is 11.3. The second-order valence-corrected chi connectivity index (χ2v) is 3.78. The highest BCUT2D eigenvalue weighted by molar-refractivity contribution is 5.49. The van der Waals surface area contributed by atoms with Crippen LogP contribution in [0.2, 0.25) is 0 Å². The van der Waals surface area contributed by atoms with Gasteiger partial charge in [-0.1, -0.05) is 0 Å². The molecule has 0 aromatic carbocycles. The van der Waals surface area contributed by atoms with Gasteiger partial charge in [-0.3, -0.25) is 0 Å². The van der Waals surface area contributed by atoms with Crippen molar-refractivity contribution in [1.82, 2.24) is 4.98 Å². The molecule has 0 aliphatic carbocycles. The molecule has 0 aliphatic heterocycles. The maximum Gasteiger partial charge on any atom is 0.126 e. The molecule has 0 bridgehead atoms. The van der Waals surface area contributed by atoms with E-state index in [0.717, 1.165) is 24.4 Å². The van der Waals surface area contributed by atoms with Gasteiger partial charge in [0.05, 0.1) is 11.4 Å². The van der Waals surface area contributed by atoms with Crippen LogP contribution in [0.15, 0.2) is 12.1 Å². The minimum atomic E-state index is 0.236. The number of nitrogen functional groups attached to an aromatic ring is 1. The lowest BCUT2D eigenvalue weighted by Crippen LogP contribution is -2.16. The monoisotopic (exact) mass is 209 g/mol. The van der Waals surface area contributed by atoms with Crippen LogP contribution >= 0.6 is 0 Å². The van der Waals surface area contributed by atoms with E-state index in [1.165, 1.54) is 0 Å². The molecule has 1 rings (SSSR count). The third-order valence-electron chi connectivity index (χ3n) is 2.32. The average molecular weight is 209 g/mol. The van der Waals surface area contributed by atoms with E-state index >= 15 is 0 Å². The first-order chi connectivity index (χ1) is 7.13. The van der Waals surface area contributed by atoms with Crippen molar-refractivity contribution in [2.24, 2.45) is 0 Å². The molecule has 0 aliphatic rings. The highest BCUT2D eigenvalue weighted by Gasteiger charge is 2.03. The predicted molar refractivity (Wildman–Crippen MR) is 62.8 cm³/mol. The number of pyridine rings is 1. The molecular formula is C11H19N3O. The van der Waals surface area contributed by atoms with Crippen LogP contribution in [-0.2, 0) is 0 Å². The summed E-state index contributed by atoms with van der Waals surface area (Å²) >= 11 is 0. The first-order valence-corrected chi connectivity index (χ1v) is 5.24. The van der Waals surface area contributed by atoms with Crippen LogP contribution in [0.1, 0.15) is 25.5 Å². The smallest absolute Gasteiger partial charge is 0.126 e. The zero-order valence-electron chi connectivity index (χ0n) is 9.33. The molecule has 0 saturated carbocycles. The summed E-state index contributed by atoms with van der Waals surface area (Å²) in [6, 6.07) is 4.04. The molecule has 0 amide bonds. The normalized spacial score (nSPS) is 12.5. The van der Waals surface area contributed by atoms with Gasteiger partial charge in [0.2, 0.25) is 0 Å². The quantitative estimate of drug-likeness (QED) is 0.688. The number of aliphatic hydroxyl groups excluding tert-OH is 1. The second-order valence-electron chi connectivity index (χ2n) is 3.78. The average Bonchev–Trinajstić information content (AvgIpc) is 2.20. The molecule has 1 atom stereocenters. The van der Waals surface area contributed by atoms with E-state index in [1.54, 1.807) is 0 Å². The Labute approximate surface area is 90.5 Å². The van der Waals surface area contributed by atoms with Crippen LogP contribution in [0, 0.1) is 6.92 Å². The molecule has 0 saturated heterocycles. The number of aliphatic hydroxyl groups is 1. The van der Waals surface area contributed by atoms with Crippen molar-refractivity contribution in [2.75, 3.05) is 17.7 Å². The van der Waals surface area contributed by atoms with E-state index < -0.39 is 0 Å². The molecule has 0 spiro atoms. The highest BCUT2D eigenvalue weighted by Crippen LogP contribution is 2.13. The molecule has 1 aromatic rings. The standard InChI is InChI=1S/C11H19N3O/c1-8(4-3-7-15)13-11-6-5-10(12)9(2)14-11/h5-6,8,15H,3-4,7,12H2,1-2H3,(H,13,14). The van der Waals surface area contributed by atoms with Crippen molar-refractivity contribution in [2.45, 2.75) is 32.7 Å². The Hall–Kier alpha value is -1.29. The van der Waals surface area contributed by atoms with Crippen molar-refractivity contribution in [3.8, 4) is 0 Å². The van der Waals surface area contributed by atoms with Gasteiger partial charge < -0.3 is 16.2 Å². The molecule has 4 heteroatoms. The van der Waals surface area contributed by atoms with Gasteiger partial charge in [0.25, 0.3) is 0 Å². The van der Waals surface area contributed by atoms with Gasteiger partial charge in [0, 0.05) is 12.6 Å². The van der Waals surface area contributed by atoms with Gasteiger partial charge in [0.15, 0.2) is 0 Å². The lowest BCUT2D eigenvalue weighted by molar-refractivity contribution is 0.282. The van der Waals surface area contributed by atoms with Gasteiger partial charge >= 0.3 is 0 Å². The van der Waals surface area contributed by atoms with Gasteiger partial charge in [-0.05, 0) is 38.8 Å². The summed E-state index contributed by atoms with van der Waals surface area (Å²) in [5.41, 5.74) is 7.23. The number of aromatic nitrogens is 1. The number of nitrogens with zero attached hydrogens (tertiary/aromatic N) is 1. The molecule has 4 N–H and O–H groups in total. The maximum atomic E-state index is 8.70. The van der Waals surface area contributed by atoms with E-state index in [1.807, 2.05) is 19.1 Å². The number of hydrogen-bond donors (Lipinski definition) is 3. The number of aryl methyl sites for hydroxylation is 1. The summed E-state index contributed by atoms with van der Waals surface area (Å²) in [5, 5.41) is 12.0. The predicted octanol–water partition coefficient (Wildman–Crippen LogP) is 1.55. The largest absolute Gasteiger partial charge is 0.397 e. The summed E-state index contributed by atoms with van der Waals surface area (Å²) in [5.74, 6) is 0.840. The Morgan fingerprint density at radius 3 is 2.87 bits per heavy atom. The Morgan fingerprint density at radius 1 is 1.53 bits per heavy atom. The van der Waals surface area contributed by atoms with E-state index in [9.17, 15) is 0 Å². The van der Waals surface area contributed by atoms with Crippen LogP contribution in [0.25, 0.3) is 0 Å². The number of nitrogens with one attached hydrogen (secondary N) is 1. The summed E-state index contributed by atoms with van der Waals surface area (Å²) in [6.07, 6.45) is 1.74. The number of nitrogens with two attached hydrogens (primary N) is 1. The lowest BCUT2D eigenvalue weighted by Gasteiger charge is -2.14. The summed E-state index contributed by atoms with van der Waals surface area (Å²) in [6.45, 7) is 4.20. The van der Waals surface area contributed by atoms with Crippen molar-refractivity contribution in [3.05, 3.63) is 17.8 Å². The van der Waals surface area contributed by atoms with E-state index in [0.29, 0.717) is 11.7 Å². The minimum Gasteiger partial charge on any atom is -0.397 e. The fraction of sp³-hybridized carbons (Fsp3) is 0.545. The van der Waals surface area contributed by atoms with E-state index in [4.69, 9.17) is 10.8 Å². The number of anilines is 2. The summed E-state index contributed by atoms with van der Waals surface area (Å²) in [4.78, 5) is 4.32. The van der Waals surface area contributed by atoms with Crippen LogP contribution in [0.5, 0.6) is 0 Å². The Morgan fingerprint density at radius 2 is 2.27 bits per heavy atom. The Kier molecular flexibility index (Phi) is 4.37. The molecule has 1 heterocycles. The molecule has 1 aromatic heterocycles. The third-order valence-corrected chi connectivity index (χ3v) is 2.32. The fourth-order valence-electron chi connectivity index (χ4n) is 1.37. The highest BCUT2D eigenvalue weighted by atomic mass is 16.2. The van der Waals surface area contributed by atoms with Crippen molar-refractivity contribution in [3.63, 3.8) is 0 Å². The van der Waals surface area contributed by atoms with Crippen LogP contribution in [0.3, 0.4) is 0 Å². The van der Waals surface area contributed by atoms with E-state index in [2.05, 4.69) is 17.2 Å². The van der Waals surface area contributed by atoms with Gasteiger partial charge in [-0.25, -0.2) is 4.98 Å². The molecule has 15 heavy (non-hydrogen) atoms. The van der Waals surface area contributed by atoms with Crippen molar-refractivity contribution in [1.29, 1.82) is 0 Å². The maximum absolute atomic E-state index is 8.70. The molecular weight excluding hydrogens is 190 g/mol. The Balaban J connectivity index is 2.53. The molecule has 4 nitrogen and oxygen atoms in total. The van der Waals surface area contributed by atoms with Crippen molar-refractivity contribution >= 4 is 11.5 Å². The van der Waals surface area contributed by atoms with Crippen LogP contribution < -0.4 is 11.1 Å². The SMILES string of the molecule is Cc1nc(NC(C)CCCO)ccc1N. The fourth-order valence-corrected chi connectivity index (χ4v) is 1.37.